The van der Waals surface area contributed by atoms with Crippen molar-refractivity contribution in [1.82, 2.24) is 19.7 Å². The number of anilines is 1. The lowest BCUT2D eigenvalue weighted by atomic mass is 9.99. The third-order valence-electron chi connectivity index (χ3n) is 4.20. The molecule has 1 amide bonds. The molecule has 0 aliphatic rings. The molecular formula is C17H21N5OS. The predicted octanol–water partition coefficient (Wildman–Crippen LogP) is 3.23. The summed E-state index contributed by atoms with van der Waals surface area (Å²) in [7, 11) is 1.91. The smallest absolute Gasteiger partial charge is 0.226 e. The van der Waals surface area contributed by atoms with E-state index in [4.69, 9.17) is 0 Å². The molecule has 0 spiro atoms. The zero-order valence-corrected chi connectivity index (χ0v) is 15.4. The molecule has 3 aromatic rings. The third-order valence-corrected chi connectivity index (χ3v) is 5.03. The number of hydrogen-bond donors (Lipinski definition) is 1. The number of pyridine rings is 1. The number of rotatable bonds is 4. The summed E-state index contributed by atoms with van der Waals surface area (Å²) in [5.74, 6) is -0.0221. The van der Waals surface area contributed by atoms with E-state index in [0.717, 1.165) is 32.9 Å². The van der Waals surface area contributed by atoms with Crippen molar-refractivity contribution in [3.05, 3.63) is 33.6 Å². The quantitative estimate of drug-likeness (QED) is 0.789. The van der Waals surface area contributed by atoms with Crippen molar-refractivity contribution in [2.24, 2.45) is 7.05 Å². The van der Waals surface area contributed by atoms with E-state index in [1.165, 1.54) is 16.9 Å². The first-order valence-corrected chi connectivity index (χ1v) is 8.70. The highest BCUT2D eigenvalue weighted by molar-refractivity contribution is 7.15. The van der Waals surface area contributed by atoms with E-state index < -0.39 is 0 Å². The molecule has 3 aromatic heterocycles. The van der Waals surface area contributed by atoms with E-state index >= 15 is 0 Å². The molecule has 1 N–H and O–H groups in total. The van der Waals surface area contributed by atoms with Gasteiger partial charge in [-0.25, -0.2) is 9.97 Å². The van der Waals surface area contributed by atoms with E-state index in [0.29, 0.717) is 18.0 Å². The maximum absolute atomic E-state index is 12.2. The summed E-state index contributed by atoms with van der Waals surface area (Å²) >= 11 is 1.48. The van der Waals surface area contributed by atoms with Crippen molar-refractivity contribution < 1.29 is 4.79 Å². The van der Waals surface area contributed by atoms with Crippen LogP contribution < -0.4 is 5.32 Å². The van der Waals surface area contributed by atoms with E-state index in [2.05, 4.69) is 27.3 Å². The van der Waals surface area contributed by atoms with Crippen LogP contribution >= 0.6 is 11.3 Å². The third kappa shape index (κ3) is 3.03. The molecule has 0 saturated heterocycles. The van der Waals surface area contributed by atoms with Crippen molar-refractivity contribution in [1.29, 1.82) is 0 Å². The summed E-state index contributed by atoms with van der Waals surface area (Å²) in [5, 5.41) is 9.06. The first kappa shape index (κ1) is 16.6. The molecule has 0 aliphatic carbocycles. The van der Waals surface area contributed by atoms with Gasteiger partial charge in [-0.1, -0.05) is 0 Å². The van der Waals surface area contributed by atoms with Gasteiger partial charge in [-0.3, -0.25) is 9.48 Å². The zero-order valence-electron chi connectivity index (χ0n) is 14.6. The van der Waals surface area contributed by atoms with Crippen LogP contribution in [0.4, 0.5) is 5.13 Å². The van der Waals surface area contributed by atoms with Gasteiger partial charge >= 0.3 is 0 Å². The fourth-order valence-corrected chi connectivity index (χ4v) is 3.74. The number of amides is 1. The highest BCUT2D eigenvalue weighted by Gasteiger charge is 2.16. The maximum atomic E-state index is 12.2. The summed E-state index contributed by atoms with van der Waals surface area (Å²) in [5.41, 5.74) is 5.13. The Morgan fingerprint density at radius 2 is 2.00 bits per heavy atom. The number of hydrogen-bond acceptors (Lipinski definition) is 5. The molecule has 0 unspecified atom stereocenters. The average molecular weight is 343 g/mol. The molecule has 24 heavy (non-hydrogen) atoms. The van der Waals surface area contributed by atoms with Crippen molar-refractivity contribution in [2.75, 3.05) is 5.32 Å². The van der Waals surface area contributed by atoms with Crippen LogP contribution in [-0.4, -0.2) is 25.7 Å². The summed E-state index contributed by atoms with van der Waals surface area (Å²) in [4.78, 5) is 22.1. The van der Waals surface area contributed by atoms with Gasteiger partial charge < -0.3 is 5.32 Å². The SMILES string of the molecule is Cc1cnc(NC(=O)CCc2c(C)nc3c(c(C)nn3C)c2C)s1. The lowest BCUT2D eigenvalue weighted by molar-refractivity contribution is -0.116. The van der Waals surface area contributed by atoms with Gasteiger partial charge in [0.15, 0.2) is 10.8 Å². The van der Waals surface area contributed by atoms with Crippen LogP contribution in [0.25, 0.3) is 11.0 Å². The molecular weight excluding hydrogens is 322 g/mol. The summed E-state index contributed by atoms with van der Waals surface area (Å²) in [6.45, 7) is 8.04. The molecule has 3 rings (SSSR count). The fraction of sp³-hybridized carbons (Fsp3) is 0.412. The number of aryl methyl sites for hydroxylation is 5. The van der Waals surface area contributed by atoms with Gasteiger partial charge in [0.05, 0.1) is 5.69 Å². The number of nitrogens with zero attached hydrogens (tertiary/aromatic N) is 4. The topological polar surface area (TPSA) is 72.7 Å². The molecule has 7 heteroatoms. The van der Waals surface area contributed by atoms with Crippen molar-refractivity contribution in [3.63, 3.8) is 0 Å². The Morgan fingerprint density at radius 1 is 1.25 bits per heavy atom. The molecule has 0 atom stereocenters. The van der Waals surface area contributed by atoms with Crippen LogP contribution in [0.2, 0.25) is 0 Å². The largest absolute Gasteiger partial charge is 0.302 e. The number of carbonyl (C=O) groups excluding carboxylic acids is 1. The van der Waals surface area contributed by atoms with Crippen molar-refractivity contribution >= 4 is 33.4 Å². The van der Waals surface area contributed by atoms with Crippen molar-refractivity contribution in [2.45, 2.75) is 40.5 Å². The molecule has 0 saturated carbocycles. The summed E-state index contributed by atoms with van der Waals surface area (Å²) in [6, 6.07) is 0. The number of carbonyl (C=O) groups is 1. The van der Waals surface area contributed by atoms with E-state index in [9.17, 15) is 4.79 Å². The molecule has 0 aliphatic heterocycles. The first-order valence-electron chi connectivity index (χ1n) is 7.88. The zero-order chi connectivity index (χ0) is 17.4. The lowest BCUT2D eigenvalue weighted by Crippen LogP contribution is -2.13. The van der Waals surface area contributed by atoms with E-state index in [1.807, 2.05) is 32.5 Å². The van der Waals surface area contributed by atoms with E-state index in [-0.39, 0.29) is 5.91 Å². The second-order valence-corrected chi connectivity index (χ2v) is 7.27. The second kappa shape index (κ2) is 6.32. The Bertz CT molecular complexity index is 925. The molecule has 0 radical (unpaired) electrons. The van der Waals surface area contributed by atoms with Gasteiger partial charge in [0.25, 0.3) is 0 Å². The molecule has 126 valence electrons. The van der Waals surface area contributed by atoms with Crippen LogP contribution in [-0.2, 0) is 18.3 Å². The van der Waals surface area contributed by atoms with Crippen molar-refractivity contribution in [3.8, 4) is 0 Å². The average Bonchev–Trinajstić information content (AvgIpc) is 3.02. The Balaban J connectivity index is 1.80. The van der Waals surface area contributed by atoms with Gasteiger partial charge in [-0.05, 0) is 45.2 Å². The molecule has 6 nitrogen and oxygen atoms in total. The van der Waals surface area contributed by atoms with Crippen LogP contribution in [0.15, 0.2) is 6.20 Å². The highest BCUT2D eigenvalue weighted by Crippen LogP contribution is 2.26. The minimum Gasteiger partial charge on any atom is -0.302 e. The number of fused-ring (bicyclic) bond motifs is 1. The number of aromatic nitrogens is 4. The van der Waals surface area contributed by atoms with Crippen LogP contribution in [0.1, 0.15) is 33.8 Å². The Hall–Kier alpha value is -2.28. The predicted molar refractivity (Wildman–Crippen MR) is 96.5 cm³/mol. The lowest BCUT2D eigenvalue weighted by Gasteiger charge is -2.11. The monoisotopic (exact) mass is 343 g/mol. The summed E-state index contributed by atoms with van der Waals surface area (Å²) < 4.78 is 1.81. The fourth-order valence-electron chi connectivity index (χ4n) is 3.06. The summed E-state index contributed by atoms with van der Waals surface area (Å²) in [6.07, 6.45) is 2.83. The minimum absolute atomic E-state index is 0.0221. The number of thiazole rings is 1. The standard InChI is InChI=1S/C17H21N5OS/c1-9-8-18-17(24-9)20-14(23)7-6-13-10(2)15-12(4)21-22(5)16(15)19-11(13)3/h8H,6-7H2,1-5H3,(H,18,20,23). The minimum atomic E-state index is -0.0221. The van der Waals surface area contributed by atoms with Gasteiger partial charge in [0.1, 0.15) is 0 Å². The van der Waals surface area contributed by atoms with Crippen LogP contribution in [0.5, 0.6) is 0 Å². The van der Waals surface area contributed by atoms with Gasteiger partial charge in [0.2, 0.25) is 5.91 Å². The van der Waals surface area contributed by atoms with Gasteiger partial charge in [0, 0.05) is 35.6 Å². The molecule has 0 aromatic carbocycles. The highest BCUT2D eigenvalue weighted by atomic mass is 32.1. The van der Waals surface area contributed by atoms with Gasteiger partial charge in [-0.2, -0.15) is 5.10 Å². The Labute approximate surface area is 144 Å². The Kier molecular flexibility index (Phi) is 4.36. The molecule has 0 bridgehead atoms. The molecule has 3 heterocycles. The maximum Gasteiger partial charge on any atom is 0.226 e. The van der Waals surface area contributed by atoms with E-state index in [1.54, 1.807) is 6.20 Å². The molecule has 0 fully saturated rings. The first-order chi connectivity index (χ1) is 11.4. The number of nitrogens with one attached hydrogen (secondary N) is 1. The normalized spacial score (nSPS) is 11.2. The van der Waals surface area contributed by atoms with Crippen LogP contribution in [0, 0.1) is 27.7 Å². The second-order valence-electron chi connectivity index (χ2n) is 6.03. The van der Waals surface area contributed by atoms with Crippen LogP contribution in [0.3, 0.4) is 0 Å². The Morgan fingerprint density at radius 3 is 2.67 bits per heavy atom. The van der Waals surface area contributed by atoms with Gasteiger partial charge in [-0.15, -0.1) is 11.3 Å².